The number of anilines is 4. The monoisotopic (exact) mass is 1210 g/mol. The van der Waals surface area contributed by atoms with Gasteiger partial charge in [0, 0.05) is 72.5 Å². The summed E-state index contributed by atoms with van der Waals surface area (Å²) in [4.78, 5) is 9.50. The molecule has 0 radical (unpaired) electrons. The van der Waals surface area contributed by atoms with Crippen molar-refractivity contribution in [1.29, 1.82) is 0 Å². The number of hydrogen-bond donors (Lipinski definition) is 0. The second-order valence-electron chi connectivity index (χ2n) is 23.8. The second-order valence-corrected chi connectivity index (χ2v) is 23.8. The van der Waals surface area contributed by atoms with Gasteiger partial charge in [-0.1, -0.05) is 174 Å². The summed E-state index contributed by atoms with van der Waals surface area (Å²) in [5.41, 5.74) is 18.0. The van der Waals surface area contributed by atoms with Crippen molar-refractivity contribution < 1.29 is 30.2 Å². The summed E-state index contributed by atoms with van der Waals surface area (Å²) < 4.78 is 24.1. The zero-order valence-electron chi connectivity index (χ0n) is 46.9. The molecule has 0 saturated heterocycles. The number of fused-ring (bicyclic) bond motifs is 4. The predicted octanol–water partition coefficient (Wildman–Crippen LogP) is 20.1. The molecule has 0 aliphatic carbocycles. The van der Waals surface area contributed by atoms with Crippen LogP contribution in [0, 0.1) is 24.6 Å². The third-order valence-electron chi connectivity index (χ3n) is 15.2. The van der Waals surface area contributed by atoms with E-state index in [9.17, 15) is 4.39 Å². The van der Waals surface area contributed by atoms with Gasteiger partial charge in [0.2, 0.25) is 0 Å². The van der Waals surface area contributed by atoms with Crippen LogP contribution in [0.4, 0.5) is 27.1 Å². The van der Waals surface area contributed by atoms with E-state index in [4.69, 9.17) is 9.72 Å². The summed E-state index contributed by atoms with van der Waals surface area (Å²) in [5, 5.41) is 2.18. The van der Waals surface area contributed by atoms with Gasteiger partial charge in [0.15, 0.2) is 0 Å². The number of hydrogen-bond acceptors (Lipinski definition) is 4. The number of benzene rings is 8. The van der Waals surface area contributed by atoms with Gasteiger partial charge in [-0.25, -0.2) is 9.37 Å². The summed E-state index contributed by atoms with van der Waals surface area (Å²) in [5.74, 6) is 2.59. The molecule has 0 N–H and O–H groups in total. The van der Waals surface area contributed by atoms with Crippen molar-refractivity contribution in [2.45, 2.75) is 112 Å². The van der Waals surface area contributed by atoms with Crippen molar-refractivity contribution in [3.63, 3.8) is 0 Å². The Labute approximate surface area is 476 Å². The largest absolute Gasteiger partial charge is 0.509 e. The van der Waals surface area contributed by atoms with Crippen molar-refractivity contribution in [3.05, 3.63) is 222 Å². The molecule has 78 heavy (non-hydrogen) atoms. The van der Waals surface area contributed by atoms with Gasteiger partial charge in [-0.2, -0.15) is 6.07 Å². The number of aromatic nitrogens is 2. The molecule has 8 aromatic carbocycles. The minimum absolute atomic E-state index is 0. The van der Waals surface area contributed by atoms with Crippen LogP contribution in [-0.4, -0.2) is 9.55 Å². The number of pyridine rings is 1. The van der Waals surface area contributed by atoms with E-state index < -0.39 is 0 Å². The average molecular weight is 1210 g/mol. The van der Waals surface area contributed by atoms with Crippen molar-refractivity contribution in [2.24, 2.45) is 0 Å². The van der Waals surface area contributed by atoms with Gasteiger partial charge in [0.25, 0.3) is 0 Å². The first-order chi connectivity index (χ1) is 36.8. The van der Waals surface area contributed by atoms with Gasteiger partial charge in [0.05, 0.1) is 0 Å². The van der Waals surface area contributed by atoms with E-state index in [1.165, 1.54) is 27.8 Å². The van der Waals surface area contributed by atoms with E-state index in [0.29, 0.717) is 23.3 Å². The molecule has 2 aromatic heterocycles. The van der Waals surface area contributed by atoms with Crippen LogP contribution in [0.2, 0.25) is 0 Å². The number of halogens is 1. The maximum Gasteiger partial charge on any atom is 0.135 e. The fourth-order valence-corrected chi connectivity index (χ4v) is 10.8. The Bertz CT molecular complexity index is 3830. The Morgan fingerprint density at radius 3 is 1.81 bits per heavy atom. The van der Waals surface area contributed by atoms with Crippen LogP contribution in [0.15, 0.2) is 170 Å². The Morgan fingerprint density at radius 2 is 1.14 bits per heavy atom. The molecule has 10 aromatic rings. The SMILES string of the molecule is CC(C)c1cc(-c2cc(C(C)(C)C)cc(-c3ccc(F)cc3)c2N2[CH-]N(c3[c-]c(Oc4[c-]c5c(cc4)c4ccccc4n5-c4cc(C(C)(C)C)ccn4)cc(-c4ccccc4C(C)C)c3)c3ccccc32)cc(C(C)C)c1.[Pt]. The maximum absolute atomic E-state index is 14.9. The molecular weight excluding hydrogens is 1140 g/mol. The Hall–Kier alpha value is -7.27. The average Bonchev–Trinajstić information content (AvgIpc) is 4.15. The van der Waals surface area contributed by atoms with E-state index in [-0.39, 0.29) is 43.6 Å². The molecule has 0 atom stereocenters. The van der Waals surface area contributed by atoms with Crippen molar-refractivity contribution in [3.8, 4) is 50.7 Å². The maximum atomic E-state index is 14.9. The molecular formula is C71H68FN4OPt-3. The van der Waals surface area contributed by atoms with Crippen LogP contribution in [-0.2, 0) is 31.9 Å². The first-order valence-corrected chi connectivity index (χ1v) is 27.2. The van der Waals surface area contributed by atoms with E-state index in [2.05, 4.69) is 250 Å². The van der Waals surface area contributed by atoms with Gasteiger partial charge >= 0.3 is 0 Å². The van der Waals surface area contributed by atoms with Crippen LogP contribution < -0.4 is 14.5 Å². The molecule has 0 spiro atoms. The fraction of sp³-hybridized carbons (Fsp3) is 0.239. The number of para-hydroxylation sites is 3. The fourth-order valence-electron chi connectivity index (χ4n) is 10.8. The van der Waals surface area contributed by atoms with Crippen LogP contribution in [0.3, 0.4) is 0 Å². The second kappa shape index (κ2) is 21.2. The van der Waals surface area contributed by atoms with E-state index in [0.717, 1.165) is 83.8 Å². The topological polar surface area (TPSA) is 33.5 Å². The van der Waals surface area contributed by atoms with Crippen molar-refractivity contribution >= 4 is 44.6 Å². The van der Waals surface area contributed by atoms with Crippen molar-refractivity contribution in [2.75, 3.05) is 9.80 Å². The minimum atomic E-state index is -0.270. The smallest absolute Gasteiger partial charge is 0.135 e. The van der Waals surface area contributed by atoms with E-state index in [1.54, 1.807) is 12.1 Å². The van der Waals surface area contributed by atoms with E-state index in [1.807, 2.05) is 24.4 Å². The van der Waals surface area contributed by atoms with Crippen LogP contribution in [0.1, 0.15) is 129 Å². The molecule has 0 amide bonds. The zero-order chi connectivity index (χ0) is 54.1. The molecule has 11 rings (SSSR count). The summed E-state index contributed by atoms with van der Waals surface area (Å²) in [6.07, 6.45) is 1.90. The van der Waals surface area contributed by atoms with Crippen molar-refractivity contribution in [1.82, 2.24) is 9.55 Å². The first-order valence-electron chi connectivity index (χ1n) is 27.2. The summed E-state index contributed by atoms with van der Waals surface area (Å²) >= 11 is 0. The molecule has 0 bridgehead atoms. The summed E-state index contributed by atoms with van der Waals surface area (Å²) in [6, 6.07) is 64.7. The Morgan fingerprint density at radius 1 is 0.526 bits per heavy atom. The normalized spacial score (nSPS) is 12.8. The predicted molar refractivity (Wildman–Crippen MR) is 320 cm³/mol. The molecule has 0 fully saturated rings. The standard InChI is InChI=1S/C71H68FN4O.Pt/c1-44(2)48-33-49(45(3)4)35-50(34-48)63-39-53(71(10,11)12)38-62(47-25-27-54(72)28-26-47)69(63)75-43-74(65-23-17-18-24-66(65)75)55-36-51(59-20-14-13-19-58(59)46(5)6)37-57(41-55)77-56-29-30-61-60-21-15-16-22-64(60)76(67(61)42-56)68-40-52(31-32-73-68)70(7,8)9;/h13-40,43-46H,1-12H3;/q-3;. The molecule has 398 valence electrons. The number of ether oxygens (including phenoxy) is 1. The number of nitrogens with zero attached hydrogens (tertiary/aromatic N) is 4. The minimum Gasteiger partial charge on any atom is -0.509 e. The molecule has 3 heterocycles. The molecule has 7 heteroatoms. The van der Waals surface area contributed by atoms with E-state index >= 15 is 0 Å². The number of rotatable bonds is 11. The summed E-state index contributed by atoms with van der Waals surface area (Å²) in [6.45, 7) is 29.2. The first kappa shape index (κ1) is 54.1. The Balaban J connectivity index is 0.00000688. The molecule has 1 aliphatic heterocycles. The van der Waals surface area contributed by atoms with Gasteiger partial charge in [0.1, 0.15) is 11.6 Å². The van der Waals surface area contributed by atoms with Crippen LogP contribution in [0.5, 0.6) is 11.5 Å². The summed E-state index contributed by atoms with van der Waals surface area (Å²) in [7, 11) is 0. The van der Waals surface area contributed by atoms with Gasteiger partial charge < -0.3 is 19.1 Å². The molecule has 1 aliphatic rings. The Kier molecular flexibility index (Phi) is 14.7. The third-order valence-corrected chi connectivity index (χ3v) is 15.2. The van der Waals surface area contributed by atoms with Crippen LogP contribution >= 0.6 is 0 Å². The zero-order valence-corrected chi connectivity index (χ0v) is 49.1. The quantitative estimate of drug-likeness (QED) is 0.121. The van der Waals surface area contributed by atoms with Crippen LogP contribution in [0.25, 0.3) is 61.0 Å². The molecule has 0 unspecified atom stereocenters. The van der Waals surface area contributed by atoms with Gasteiger partial charge in [-0.05, 0) is 133 Å². The molecule has 0 saturated carbocycles. The molecule has 5 nitrogen and oxygen atoms in total. The van der Waals surface area contributed by atoms with Gasteiger partial charge in [-0.15, -0.1) is 53.6 Å². The van der Waals surface area contributed by atoms with Gasteiger partial charge in [-0.3, -0.25) is 0 Å². The third kappa shape index (κ3) is 10.3.